The monoisotopic (exact) mass is 701 g/mol. The standard InChI is InChI=1S/C36H41F2N9O2S/c1-17(48)10-45-13-20-6-7-21(14-45)47(20)35-28-24-16-49-15-23(24)26(30-27-22(8-39)34(40)50-33(27)25(37)9-41-30)29(38)31(28)42-36(43-35)46-11-18-4-5-19(12-46)32(18)44(2)3/h9,17-21,32,48H,4-7,10-16,40H2,1-3H3/t17-,18-,19+,20?,21?,32?/m1/s1. The third kappa shape index (κ3) is 4.81. The van der Waals surface area contributed by atoms with Crippen LogP contribution in [0.4, 0.5) is 25.5 Å². The van der Waals surface area contributed by atoms with Gasteiger partial charge in [0, 0.05) is 61.8 Å². The van der Waals surface area contributed by atoms with Crippen LogP contribution in [-0.2, 0) is 18.0 Å². The van der Waals surface area contributed by atoms with Crippen molar-refractivity contribution in [1.29, 1.82) is 5.26 Å². The zero-order chi connectivity index (χ0) is 34.6. The zero-order valence-electron chi connectivity index (χ0n) is 28.5. The summed E-state index contributed by atoms with van der Waals surface area (Å²) in [6.07, 6.45) is 4.89. The molecule has 3 saturated heterocycles. The number of ether oxygens (including phenoxy) is 1. The number of nitrogen functional groups attached to an aromatic ring is 1. The van der Waals surface area contributed by atoms with E-state index in [1.165, 1.54) is 0 Å². The van der Waals surface area contributed by atoms with Crippen molar-refractivity contribution < 1.29 is 18.6 Å². The van der Waals surface area contributed by atoms with Crippen molar-refractivity contribution in [2.75, 3.05) is 62.4 Å². The summed E-state index contributed by atoms with van der Waals surface area (Å²) in [4.78, 5) is 24.2. The smallest absolute Gasteiger partial charge is 0.228 e. The van der Waals surface area contributed by atoms with E-state index in [9.17, 15) is 10.4 Å². The summed E-state index contributed by atoms with van der Waals surface area (Å²) < 4.78 is 39.0. The van der Waals surface area contributed by atoms with Crippen molar-refractivity contribution >= 4 is 49.1 Å². The molecule has 262 valence electrons. The van der Waals surface area contributed by atoms with Crippen LogP contribution in [-0.4, -0.2) is 101 Å². The van der Waals surface area contributed by atoms with E-state index in [0.29, 0.717) is 41.3 Å². The van der Waals surface area contributed by atoms with Crippen molar-refractivity contribution in [3.63, 3.8) is 0 Å². The molecule has 0 spiro atoms. The van der Waals surface area contributed by atoms with Crippen LogP contribution in [0.15, 0.2) is 6.20 Å². The topological polar surface area (TPSA) is 131 Å². The molecule has 1 aromatic carbocycles. The SMILES string of the molecule is C[C@@H](O)CN1CC2CCC(C1)N2c1nc(N2C[C@H]3CC[C@@H](C2)C3N(C)C)nc2c(F)c(-c3ncc(F)c4sc(N)c(C#N)c34)c3c(c12)COC3. The highest BCUT2D eigenvalue weighted by Crippen LogP contribution is 2.49. The Morgan fingerprint density at radius 1 is 1.06 bits per heavy atom. The Hall–Kier alpha value is -3.74. The Morgan fingerprint density at radius 2 is 1.76 bits per heavy atom. The average molecular weight is 702 g/mol. The second kappa shape index (κ2) is 11.9. The average Bonchev–Trinajstić information content (AvgIpc) is 3.83. The number of piperazine rings is 1. The number of nitriles is 1. The van der Waals surface area contributed by atoms with Crippen molar-refractivity contribution in [3.05, 3.63) is 34.5 Å². The van der Waals surface area contributed by atoms with Gasteiger partial charge in [0.15, 0.2) is 11.6 Å². The van der Waals surface area contributed by atoms with Gasteiger partial charge >= 0.3 is 0 Å². The third-order valence-electron chi connectivity index (χ3n) is 11.8. The summed E-state index contributed by atoms with van der Waals surface area (Å²) in [7, 11) is 4.31. The second-order valence-corrected chi connectivity index (χ2v) is 16.2. The number of anilines is 3. The summed E-state index contributed by atoms with van der Waals surface area (Å²) in [6.45, 7) is 5.97. The molecule has 14 heteroatoms. The first-order valence-electron chi connectivity index (χ1n) is 17.6. The van der Waals surface area contributed by atoms with E-state index < -0.39 is 17.7 Å². The molecule has 4 fully saturated rings. The van der Waals surface area contributed by atoms with Gasteiger partial charge in [0.25, 0.3) is 0 Å². The van der Waals surface area contributed by atoms with Gasteiger partial charge in [-0.3, -0.25) is 9.88 Å². The molecule has 1 saturated carbocycles. The zero-order valence-corrected chi connectivity index (χ0v) is 29.3. The van der Waals surface area contributed by atoms with E-state index in [2.05, 4.69) is 44.7 Å². The van der Waals surface area contributed by atoms with Crippen molar-refractivity contribution in [2.45, 2.75) is 70.1 Å². The van der Waals surface area contributed by atoms with Gasteiger partial charge in [-0.1, -0.05) is 0 Å². The van der Waals surface area contributed by atoms with Crippen LogP contribution < -0.4 is 15.5 Å². The minimum Gasteiger partial charge on any atom is -0.392 e. The predicted octanol–water partition coefficient (Wildman–Crippen LogP) is 4.48. The van der Waals surface area contributed by atoms with Gasteiger partial charge in [0.2, 0.25) is 5.95 Å². The lowest BCUT2D eigenvalue weighted by molar-refractivity contribution is 0.111. The fourth-order valence-electron chi connectivity index (χ4n) is 10.0. The number of piperidine rings is 1. The number of nitrogens with zero attached hydrogens (tertiary/aromatic N) is 8. The van der Waals surface area contributed by atoms with Crippen LogP contribution in [0.1, 0.15) is 49.3 Å². The van der Waals surface area contributed by atoms with Crippen molar-refractivity contribution in [3.8, 4) is 17.3 Å². The second-order valence-electron chi connectivity index (χ2n) is 15.1. The molecule has 3 unspecified atom stereocenters. The van der Waals surface area contributed by atoms with E-state index in [1.54, 1.807) is 0 Å². The number of thiophene rings is 1. The molecule has 7 heterocycles. The molecule has 4 aromatic rings. The van der Waals surface area contributed by atoms with Crippen LogP contribution in [0, 0.1) is 34.8 Å². The van der Waals surface area contributed by atoms with Crippen LogP contribution in [0.3, 0.4) is 0 Å². The quantitative estimate of drug-likeness (QED) is 0.295. The first-order chi connectivity index (χ1) is 24.1. The number of benzene rings is 1. The number of β-amino-alcohol motifs (C(OH)–C–C–N with tert-alkyl or cyclic N) is 1. The highest BCUT2D eigenvalue weighted by atomic mass is 32.1. The number of likely N-dealkylation sites (tertiary alicyclic amines) is 1. The molecule has 3 aromatic heterocycles. The summed E-state index contributed by atoms with van der Waals surface area (Å²) in [5.74, 6) is 0.999. The van der Waals surface area contributed by atoms with Crippen LogP contribution in [0.2, 0.25) is 0 Å². The number of aliphatic hydroxyl groups excluding tert-OH is 1. The van der Waals surface area contributed by atoms with Crippen molar-refractivity contribution in [2.24, 2.45) is 11.8 Å². The molecule has 5 aliphatic rings. The fraction of sp³-hybridized carbons (Fsp3) is 0.556. The van der Waals surface area contributed by atoms with E-state index in [1.807, 2.05) is 6.92 Å². The van der Waals surface area contributed by atoms with E-state index in [4.69, 9.17) is 20.4 Å². The third-order valence-corrected chi connectivity index (χ3v) is 12.8. The van der Waals surface area contributed by atoms with Crippen LogP contribution in [0.25, 0.3) is 32.2 Å². The Bertz CT molecular complexity index is 2050. The maximum atomic E-state index is 17.7. The molecule has 4 aliphatic heterocycles. The minimum absolute atomic E-state index is 0.0918. The number of nitrogens with two attached hydrogens (primary N) is 1. The van der Waals surface area contributed by atoms with Gasteiger partial charge in [-0.05, 0) is 69.7 Å². The molecule has 50 heavy (non-hydrogen) atoms. The van der Waals surface area contributed by atoms with E-state index in [-0.39, 0.29) is 62.7 Å². The number of aromatic nitrogens is 3. The summed E-state index contributed by atoms with van der Waals surface area (Å²) in [5, 5.41) is 21.3. The van der Waals surface area contributed by atoms with Crippen molar-refractivity contribution in [1.82, 2.24) is 24.8 Å². The maximum Gasteiger partial charge on any atom is 0.228 e. The summed E-state index contributed by atoms with van der Waals surface area (Å²) in [6, 6.07) is 2.90. The summed E-state index contributed by atoms with van der Waals surface area (Å²) in [5.41, 5.74) is 8.23. The Labute approximate surface area is 293 Å². The largest absolute Gasteiger partial charge is 0.392 e. The predicted molar refractivity (Wildman–Crippen MR) is 189 cm³/mol. The first-order valence-corrected chi connectivity index (χ1v) is 18.4. The van der Waals surface area contributed by atoms with Gasteiger partial charge in [-0.15, -0.1) is 11.3 Å². The van der Waals surface area contributed by atoms with Crippen LogP contribution >= 0.6 is 11.3 Å². The first kappa shape index (κ1) is 32.2. The fourth-order valence-corrected chi connectivity index (χ4v) is 10.9. The Balaban J connectivity index is 1.27. The number of fused-ring (bicyclic) bond motifs is 8. The molecule has 4 bridgehead atoms. The minimum atomic E-state index is -0.607. The van der Waals surface area contributed by atoms with Gasteiger partial charge in [0.1, 0.15) is 22.4 Å². The van der Waals surface area contributed by atoms with Gasteiger partial charge in [-0.2, -0.15) is 10.2 Å². The number of hydrogen-bond acceptors (Lipinski definition) is 12. The number of hydrogen-bond donors (Lipinski definition) is 2. The number of rotatable bonds is 6. The van der Waals surface area contributed by atoms with E-state index in [0.717, 1.165) is 80.8 Å². The summed E-state index contributed by atoms with van der Waals surface area (Å²) >= 11 is 0.968. The normalized spacial score (nSPS) is 26.8. The van der Waals surface area contributed by atoms with Gasteiger partial charge in [-0.25, -0.2) is 13.8 Å². The molecule has 1 aliphatic carbocycles. The molecule has 0 radical (unpaired) electrons. The Morgan fingerprint density at radius 3 is 2.42 bits per heavy atom. The molecule has 3 N–H and O–H groups in total. The molecule has 11 nitrogen and oxygen atoms in total. The molecule has 6 atom stereocenters. The van der Waals surface area contributed by atoms with Crippen LogP contribution in [0.5, 0.6) is 0 Å². The lowest BCUT2D eigenvalue weighted by atomic mass is 9.91. The molecule has 0 amide bonds. The number of aliphatic hydroxyl groups is 1. The van der Waals surface area contributed by atoms with Gasteiger partial charge in [0.05, 0.1) is 46.9 Å². The van der Waals surface area contributed by atoms with Gasteiger partial charge < -0.3 is 30.3 Å². The molecular formula is C36H41F2N9O2S. The van der Waals surface area contributed by atoms with E-state index >= 15 is 8.78 Å². The molecule has 9 rings (SSSR count). The Kier molecular flexibility index (Phi) is 7.67. The lowest BCUT2D eigenvalue weighted by Gasteiger charge is -2.44. The number of halogens is 2. The lowest BCUT2D eigenvalue weighted by Crippen LogP contribution is -2.55. The number of pyridine rings is 1. The highest BCUT2D eigenvalue weighted by molar-refractivity contribution is 7.23. The highest BCUT2D eigenvalue weighted by Gasteiger charge is 2.46. The molecular weight excluding hydrogens is 661 g/mol. The maximum absolute atomic E-state index is 17.7.